The summed E-state index contributed by atoms with van der Waals surface area (Å²) in [4.78, 5) is 24.1. The molecule has 0 bridgehead atoms. The van der Waals surface area contributed by atoms with E-state index < -0.39 is 5.79 Å². The van der Waals surface area contributed by atoms with Crippen molar-refractivity contribution in [2.45, 2.75) is 181 Å². The van der Waals surface area contributed by atoms with Crippen LogP contribution >= 0.6 is 0 Å². The van der Waals surface area contributed by atoms with Gasteiger partial charge in [-0.2, -0.15) is 9.78 Å². The van der Waals surface area contributed by atoms with Gasteiger partial charge in [-0.15, -0.1) is 0 Å². The fourth-order valence-electron chi connectivity index (χ4n) is 4.48. The zero-order valence-corrected chi connectivity index (χ0v) is 22.1. The molecule has 192 valence electrons. The van der Waals surface area contributed by atoms with Crippen molar-refractivity contribution in [3.05, 3.63) is 0 Å². The Morgan fingerprint density at radius 2 is 0.906 bits per heavy atom. The van der Waals surface area contributed by atoms with E-state index in [0.717, 1.165) is 38.5 Å². The molecule has 0 saturated heterocycles. The molecule has 0 aliphatic heterocycles. The van der Waals surface area contributed by atoms with E-state index in [9.17, 15) is 0 Å². The van der Waals surface area contributed by atoms with Crippen molar-refractivity contribution in [1.29, 1.82) is 0 Å². The van der Waals surface area contributed by atoms with Crippen molar-refractivity contribution in [3.63, 3.8) is 0 Å². The van der Waals surface area contributed by atoms with Gasteiger partial charge >= 0.3 is 0 Å². The maximum Gasteiger partial charge on any atom is 0.234 e. The first-order chi connectivity index (χ1) is 15.6. The molecule has 0 heterocycles. The molecule has 0 amide bonds. The van der Waals surface area contributed by atoms with E-state index in [1.807, 2.05) is 0 Å². The highest BCUT2D eigenvalue weighted by molar-refractivity contribution is 4.70. The molecule has 4 heteroatoms. The second kappa shape index (κ2) is 20.2. The summed E-state index contributed by atoms with van der Waals surface area (Å²) >= 11 is 0. The van der Waals surface area contributed by atoms with Crippen LogP contribution in [-0.2, 0) is 19.6 Å². The fraction of sp³-hybridized carbons (Fsp3) is 1.00. The van der Waals surface area contributed by atoms with Crippen LogP contribution < -0.4 is 0 Å². The summed E-state index contributed by atoms with van der Waals surface area (Å²) in [7, 11) is 0. The summed E-state index contributed by atoms with van der Waals surface area (Å²) < 4.78 is 0. The van der Waals surface area contributed by atoms with Crippen LogP contribution in [0.1, 0.15) is 163 Å². The Morgan fingerprint density at radius 3 is 1.28 bits per heavy atom. The van der Waals surface area contributed by atoms with Crippen LogP contribution in [0.25, 0.3) is 0 Å². The van der Waals surface area contributed by atoms with Gasteiger partial charge in [-0.25, -0.2) is 9.78 Å². The first kappa shape index (κ1) is 29.9. The second-order valence-electron chi connectivity index (χ2n) is 10.3. The van der Waals surface area contributed by atoms with Crippen LogP contribution in [-0.4, -0.2) is 18.0 Å². The van der Waals surface area contributed by atoms with Gasteiger partial charge in [0.2, 0.25) is 5.79 Å². The van der Waals surface area contributed by atoms with Crippen molar-refractivity contribution in [2.75, 3.05) is 0 Å². The van der Waals surface area contributed by atoms with Crippen LogP contribution in [0.15, 0.2) is 0 Å². The molecule has 32 heavy (non-hydrogen) atoms. The van der Waals surface area contributed by atoms with Gasteiger partial charge in [-0.05, 0) is 39.5 Å². The summed E-state index contributed by atoms with van der Waals surface area (Å²) in [6.07, 6.45) is 25.3. The van der Waals surface area contributed by atoms with Gasteiger partial charge in [0.1, 0.15) is 0 Å². The minimum Gasteiger partial charge on any atom is -0.231 e. The molecule has 0 aromatic rings. The lowest BCUT2D eigenvalue weighted by Crippen LogP contribution is -2.38. The lowest BCUT2D eigenvalue weighted by atomic mass is 9.97. The molecular formula is C28H56O4. The molecule has 2 atom stereocenters. The standard InChI is InChI=1S/C28H56O4/c1-5-7-9-18-22-26(3)29-31-28(32-30-27(4)23-19-10-8-6-2)24-20-16-14-12-11-13-15-17-21-25-28/h26-27H,5-25H2,1-4H3. The number of rotatable bonds is 16. The SMILES string of the molecule is CCCCCCC(C)OOC1(OOC(C)CCCCCC)CCCCCCCCCCC1. The van der Waals surface area contributed by atoms with Crippen LogP contribution in [0.3, 0.4) is 0 Å². The highest BCUT2D eigenvalue weighted by atomic mass is 17.3. The van der Waals surface area contributed by atoms with Crippen molar-refractivity contribution in [1.82, 2.24) is 0 Å². The normalized spacial score (nSPS) is 20.2. The van der Waals surface area contributed by atoms with Crippen LogP contribution in [0.2, 0.25) is 0 Å². The van der Waals surface area contributed by atoms with E-state index in [0.29, 0.717) is 0 Å². The van der Waals surface area contributed by atoms with Gasteiger partial charge in [0.15, 0.2) is 0 Å². The maximum absolute atomic E-state index is 6.14. The third-order valence-electron chi connectivity index (χ3n) is 6.77. The molecule has 1 fully saturated rings. The van der Waals surface area contributed by atoms with Crippen molar-refractivity contribution >= 4 is 0 Å². The van der Waals surface area contributed by atoms with E-state index >= 15 is 0 Å². The molecule has 1 aliphatic carbocycles. The van der Waals surface area contributed by atoms with Crippen molar-refractivity contribution in [2.24, 2.45) is 0 Å². The first-order valence-corrected chi connectivity index (χ1v) is 14.3. The van der Waals surface area contributed by atoms with Gasteiger partial charge in [-0.3, -0.25) is 0 Å². The lowest BCUT2D eigenvalue weighted by Gasteiger charge is -2.33. The van der Waals surface area contributed by atoms with Crippen molar-refractivity contribution < 1.29 is 19.6 Å². The Labute approximate surface area is 200 Å². The van der Waals surface area contributed by atoms with E-state index in [2.05, 4.69) is 27.7 Å². The molecule has 2 unspecified atom stereocenters. The minimum atomic E-state index is -0.769. The Hall–Kier alpha value is -0.160. The molecule has 4 nitrogen and oxygen atoms in total. The first-order valence-electron chi connectivity index (χ1n) is 14.3. The molecule has 0 radical (unpaired) electrons. The van der Waals surface area contributed by atoms with Gasteiger partial charge < -0.3 is 0 Å². The summed E-state index contributed by atoms with van der Waals surface area (Å²) in [5.74, 6) is -0.769. The highest BCUT2D eigenvalue weighted by Gasteiger charge is 2.36. The summed E-state index contributed by atoms with van der Waals surface area (Å²) in [6.45, 7) is 8.73. The lowest BCUT2D eigenvalue weighted by molar-refractivity contribution is -0.529. The highest BCUT2D eigenvalue weighted by Crippen LogP contribution is 2.32. The third-order valence-corrected chi connectivity index (χ3v) is 6.77. The Kier molecular flexibility index (Phi) is 18.9. The predicted octanol–water partition coefficient (Wildman–Crippen LogP) is 9.60. The molecule has 0 aromatic carbocycles. The zero-order valence-electron chi connectivity index (χ0n) is 22.1. The molecule has 1 saturated carbocycles. The van der Waals surface area contributed by atoms with Crippen LogP contribution in [0.5, 0.6) is 0 Å². The summed E-state index contributed by atoms with van der Waals surface area (Å²) in [6, 6.07) is 0. The Balaban J connectivity index is 2.63. The molecular weight excluding hydrogens is 400 g/mol. The Bertz CT molecular complexity index is 365. The zero-order chi connectivity index (χ0) is 23.3. The molecule has 1 rings (SSSR count). The summed E-state index contributed by atoms with van der Waals surface area (Å²) in [5.41, 5.74) is 0. The van der Waals surface area contributed by atoms with Crippen LogP contribution in [0.4, 0.5) is 0 Å². The van der Waals surface area contributed by atoms with E-state index in [1.54, 1.807) is 0 Å². The van der Waals surface area contributed by atoms with Gasteiger partial charge in [0.25, 0.3) is 0 Å². The largest absolute Gasteiger partial charge is 0.234 e. The number of hydrogen-bond donors (Lipinski definition) is 0. The number of unbranched alkanes of at least 4 members (excludes halogenated alkanes) is 6. The quantitative estimate of drug-likeness (QED) is 0.100. The second-order valence-corrected chi connectivity index (χ2v) is 10.3. The molecule has 0 spiro atoms. The average molecular weight is 457 g/mol. The molecule has 0 aromatic heterocycles. The van der Waals surface area contributed by atoms with E-state index in [4.69, 9.17) is 19.6 Å². The molecule has 0 N–H and O–H groups in total. The third kappa shape index (κ3) is 15.6. The Morgan fingerprint density at radius 1 is 0.531 bits per heavy atom. The van der Waals surface area contributed by atoms with E-state index in [1.165, 1.54) is 96.3 Å². The van der Waals surface area contributed by atoms with Crippen LogP contribution in [0, 0.1) is 0 Å². The minimum absolute atomic E-state index is 0.0835. The maximum atomic E-state index is 6.14. The van der Waals surface area contributed by atoms with Gasteiger partial charge in [-0.1, -0.05) is 110 Å². The fourth-order valence-corrected chi connectivity index (χ4v) is 4.48. The van der Waals surface area contributed by atoms with Gasteiger partial charge in [0, 0.05) is 12.8 Å². The topological polar surface area (TPSA) is 36.9 Å². The van der Waals surface area contributed by atoms with E-state index in [-0.39, 0.29) is 12.2 Å². The smallest absolute Gasteiger partial charge is 0.231 e. The monoisotopic (exact) mass is 456 g/mol. The van der Waals surface area contributed by atoms with Gasteiger partial charge in [0.05, 0.1) is 12.2 Å². The average Bonchev–Trinajstić information content (AvgIpc) is 2.79. The molecule has 1 aliphatic rings. The number of hydrogen-bond acceptors (Lipinski definition) is 4. The summed E-state index contributed by atoms with van der Waals surface area (Å²) in [5, 5.41) is 0. The van der Waals surface area contributed by atoms with Crippen molar-refractivity contribution in [3.8, 4) is 0 Å². The predicted molar refractivity (Wildman–Crippen MR) is 134 cm³/mol.